The number of hydrogen-bond donors (Lipinski definition) is 2. The third kappa shape index (κ3) is 20.0. The van der Waals surface area contributed by atoms with Crippen LogP contribution in [0.4, 0.5) is 22.7 Å². The van der Waals surface area contributed by atoms with Crippen LogP contribution in [-0.4, -0.2) is 116 Å². The third-order valence-corrected chi connectivity index (χ3v) is 26.7. The maximum Gasteiger partial charge on any atom is 0.339 e. The van der Waals surface area contributed by atoms with Gasteiger partial charge in [-0.25, -0.2) is 9.59 Å². The van der Waals surface area contributed by atoms with Crippen molar-refractivity contribution < 1.29 is 86.4 Å². The van der Waals surface area contributed by atoms with Gasteiger partial charge in [-0.1, -0.05) is 24.3 Å². The molecule has 676 valence electrons. The molecule has 25 heteroatoms. The van der Waals surface area contributed by atoms with E-state index in [0.29, 0.717) is 46.4 Å². The predicted molar refractivity (Wildman–Crippen MR) is 483 cm³/mol. The second-order valence-corrected chi connectivity index (χ2v) is 37.8. The van der Waals surface area contributed by atoms with E-state index in [1.807, 2.05) is 58.0 Å². The Balaban J connectivity index is 0.000000120. The lowest BCUT2D eigenvalue weighted by Crippen LogP contribution is -2.26. The summed E-state index contributed by atoms with van der Waals surface area (Å²) in [5, 5.41) is 46.1. The average Bonchev–Trinajstić information content (AvgIpc) is 1.55. The van der Waals surface area contributed by atoms with Crippen LogP contribution in [0.3, 0.4) is 0 Å². The number of esters is 3. The molecule has 0 spiro atoms. The van der Waals surface area contributed by atoms with Crippen molar-refractivity contribution in [2.45, 2.75) is 275 Å². The van der Waals surface area contributed by atoms with Gasteiger partial charge < -0.3 is 62.9 Å². The van der Waals surface area contributed by atoms with Crippen LogP contribution in [0, 0.1) is 63.5 Å². The van der Waals surface area contributed by atoms with Gasteiger partial charge >= 0.3 is 17.9 Å². The molecule has 20 rings (SSSR count). The summed E-state index contributed by atoms with van der Waals surface area (Å²) in [6, 6.07) is 32.2. The van der Waals surface area contributed by atoms with E-state index in [0.717, 1.165) is 291 Å². The average molecular weight is 1750 g/mol. The second kappa shape index (κ2) is 37.7. The Kier molecular flexibility index (Phi) is 26.3. The maximum atomic E-state index is 12.9. The lowest BCUT2D eigenvalue weighted by atomic mass is 9.84. The molecule has 0 amide bonds. The zero-order valence-corrected chi connectivity index (χ0v) is 74.9. The van der Waals surface area contributed by atoms with Crippen molar-refractivity contribution in [2.24, 2.45) is 5.41 Å². The van der Waals surface area contributed by atoms with Gasteiger partial charge in [-0.05, 0) is 375 Å². The Hall–Kier alpha value is -10.8. The zero-order valence-electron chi connectivity index (χ0n) is 74.9. The number of nitrogen functional groups attached to an aromatic ring is 1. The molecular formula is C103H118N4O21. The molecule has 4 aliphatic heterocycles. The van der Waals surface area contributed by atoms with Crippen LogP contribution in [0.1, 0.15) is 286 Å². The van der Waals surface area contributed by atoms with Crippen molar-refractivity contribution >= 4 is 40.7 Å². The Labute approximate surface area is 747 Å². The van der Waals surface area contributed by atoms with Crippen LogP contribution in [0.25, 0.3) is 44.5 Å². The van der Waals surface area contributed by atoms with E-state index >= 15 is 0 Å². The van der Waals surface area contributed by atoms with E-state index in [1.165, 1.54) is 30.9 Å². The molecule has 4 unspecified atom stereocenters. The van der Waals surface area contributed by atoms with E-state index in [2.05, 4.69) is 48.5 Å². The summed E-state index contributed by atoms with van der Waals surface area (Å²) in [5.41, 5.74) is 29.1. The molecule has 8 aromatic carbocycles. The molecule has 4 atom stereocenters. The Morgan fingerprint density at radius 2 is 0.703 bits per heavy atom. The highest BCUT2D eigenvalue weighted by Crippen LogP contribution is 2.57. The molecule has 12 aliphatic rings. The number of fused-ring (bicyclic) bond motifs is 4. The molecule has 0 aromatic heterocycles. The molecule has 0 radical (unpaired) electrons. The van der Waals surface area contributed by atoms with E-state index in [9.17, 15) is 49.8 Å². The number of rotatable bonds is 28. The summed E-state index contributed by atoms with van der Waals surface area (Å²) in [6.07, 6.45) is 21.1. The largest absolute Gasteiger partial charge is 0.493 e. The minimum Gasteiger partial charge on any atom is -0.493 e. The number of carbonyl (C=O) groups excluding carboxylic acids is 3. The minimum absolute atomic E-state index is 0.0214. The van der Waals surface area contributed by atoms with E-state index in [1.54, 1.807) is 39.0 Å². The number of hydrogen-bond acceptors (Lipinski definition) is 22. The van der Waals surface area contributed by atoms with Crippen molar-refractivity contribution in [3.05, 3.63) is 216 Å². The number of nitro benzene ring substituents is 3. The summed E-state index contributed by atoms with van der Waals surface area (Å²) in [6.45, 7) is 15.5. The lowest BCUT2D eigenvalue weighted by Gasteiger charge is -2.27. The number of nitro groups is 3. The van der Waals surface area contributed by atoms with Crippen LogP contribution in [0.15, 0.2) is 97.1 Å². The Morgan fingerprint density at radius 1 is 0.414 bits per heavy atom. The Morgan fingerprint density at radius 3 is 1.00 bits per heavy atom. The summed E-state index contributed by atoms with van der Waals surface area (Å²) < 4.78 is 64.2. The van der Waals surface area contributed by atoms with E-state index in [4.69, 9.17) is 57.8 Å². The number of ether oxygens (including phenoxy) is 11. The molecule has 128 heavy (non-hydrogen) atoms. The van der Waals surface area contributed by atoms with Crippen molar-refractivity contribution in [1.82, 2.24) is 0 Å². The SMILES string of the molecule is COC(=O)C(OC1CC1)c1c(C)c(N)cc(C2CC2)c1-c1ccc2c(c1)CCCO2.COC(=O)C(OC1CC1)c1c(C)c([N+](=O)[O-])cc(C2CC2)c1-c1ccc2c(c1)CCCO2.Cc1c([N+](=O)[O-])cc(C2CC2)c(-c2ccc3c(c2)CCCO3)c1C(CO)OC1CC1.Cc1c([N+](=O)[O-])cc(C2CC2)c(-c2ccc3c(c2)CCCO3)c1C(COC(=O)C(C)(C)C)OC1CC1. The monoisotopic (exact) mass is 1750 g/mol. The normalized spacial score (nSPS) is 18.7. The number of anilines is 1. The number of benzene rings is 8. The van der Waals surface area contributed by atoms with Gasteiger partial charge in [0.05, 0.1) is 91.9 Å². The van der Waals surface area contributed by atoms with Gasteiger partial charge in [-0.3, -0.25) is 35.1 Å². The third-order valence-electron chi connectivity index (χ3n) is 26.7. The van der Waals surface area contributed by atoms with Gasteiger partial charge in [0.15, 0.2) is 12.2 Å². The minimum atomic E-state index is -0.993. The van der Waals surface area contributed by atoms with Gasteiger partial charge in [0.1, 0.15) is 41.8 Å². The first-order chi connectivity index (χ1) is 61.7. The lowest BCUT2D eigenvalue weighted by molar-refractivity contribution is -0.385. The predicted octanol–water partition coefficient (Wildman–Crippen LogP) is 21.6. The number of methoxy groups -OCH3 is 2. The molecule has 8 aromatic rings. The quantitative estimate of drug-likeness (QED) is 0.0151. The van der Waals surface area contributed by atoms with Crippen LogP contribution in [0.2, 0.25) is 0 Å². The Bertz CT molecular complexity index is 5620. The number of aliphatic hydroxyl groups is 1. The van der Waals surface area contributed by atoms with Crippen molar-refractivity contribution in [1.29, 1.82) is 0 Å². The van der Waals surface area contributed by atoms with Crippen LogP contribution < -0.4 is 24.7 Å². The topological polar surface area (TPSA) is 328 Å². The fraction of sp³-hybridized carbons (Fsp3) is 0.505. The summed E-state index contributed by atoms with van der Waals surface area (Å²) in [7, 11) is 2.75. The molecule has 8 aliphatic carbocycles. The standard InChI is InChI=1S/C29H35NO6.C25H27NO6.C25H29NO4.C24H27NO5/c1-17-23(30(32)33)15-22(18-7-8-18)27(20-9-12-24-19(14-20)6-5-13-34-24)26(17)25(36-21-10-11-21)16-35-28(31)29(2,3)4;1-14-20(26(28)29)13-19(15-5-6-15)23(17-7-10-21-16(12-17)4-3-11-31-21)22(14)24(25(27)30-2)32-18-8-9-18;1-14-20(26)13-19(15-5-6-15)23(17-7-10-21-16(12-17)4-3-11-29-21)22(14)24(25(27)28-2)30-18-8-9-18;1-14-20(25(27)28)12-19(15-4-5-15)24(23(14)22(13-26)30-18-7-8-18)17-6-9-21-16(11-17)3-2-10-29-21/h9,12,14-15,18,21,25H,5-8,10-11,13,16H2,1-4H3;7,10,12-13,15,18,24H,3-6,8-9,11H2,1-2H3;7,10,12-13,15,18,24H,3-6,8-9,11,26H2,1-2H3;6,9,11-12,15,18,22,26H,2-5,7-8,10,13H2,1H3. The molecule has 25 nitrogen and oxygen atoms in total. The molecule has 0 saturated heterocycles. The first kappa shape index (κ1) is 89.2. The molecule has 8 fully saturated rings. The van der Waals surface area contributed by atoms with Gasteiger partial charge in [0.2, 0.25) is 0 Å². The number of carbonyl (C=O) groups is 3. The van der Waals surface area contributed by atoms with Crippen molar-refractivity contribution in [3.8, 4) is 67.5 Å². The first-order valence-corrected chi connectivity index (χ1v) is 46.2. The molecule has 8 saturated carbocycles. The molecule has 0 bridgehead atoms. The van der Waals surface area contributed by atoms with Crippen molar-refractivity contribution in [3.63, 3.8) is 0 Å². The second-order valence-electron chi connectivity index (χ2n) is 37.8. The fourth-order valence-electron chi connectivity index (χ4n) is 18.6. The highest BCUT2D eigenvalue weighted by molar-refractivity contribution is 5.89. The van der Waals surface area contributed by atoms with Crippen LogP contribution in [0.5, 0.6) is 23.0 Å². The summed E-state index contributed by atoms with van der Waals surface area (Å²) >= 11 is 0. The smallest absolute Gasteiger partial charge is 0.339 e. The molecule has 4 heterocycles. The van der Waals surface area contributed by atoms with Crippen molar-refractivity contribution in [2.75, 3.05) is 59.6 Å². The van der Waals surface area contributed by atoms with Gasteiger partial charge in [-0.15, -0.1) is 0 Å². The van der Waals surface area contributed by atoms with Crippen LogP contribution >= 0.6 is 0 Å². The van der Waals surface area contributed by atoms with Gasteiger partial charge in [0, 0.05) is 62.8 Å². The highest BCUT2D eigenvalue weighted by Gasteiger charge is 2.45. The number of aryl methyl sites for hydroxylation is 4. The van der Waals surface area contributed by atoms with Gasteiger partial charge in [0.25, 0.3) is 17.1 Å². The van der Waals surface area contributed by atoms with Gasteiger partial charge in [-0.2, -0.15) is 0 Å². The number of nitrogens with zero attached hydrogens (tertiary/aromatic N) is 3. The fourth-order valence-corrected chi connectivity index (χ4v) is 18.6. The zero-order chi connectivity index (χ0) is 89.7. The molecular weight excluding hydrogens is 1630 g/mol. The summed E-state index contributed by atoms with van der Waals surface area (Å²) in [5.74, 6) is 3.80. The molecule has 3 N–H and O–H groups in total. The van der Waals surface area contributed by atoms with E-state index in [-0.39, 0.29) is 93.2 Å². The number of aliphatic hydroxyl groups excluding tert-OH is 1. The summed E-state index contributed by atoms with van der Waals surface area (Å²) in [4.78, 5) is 73.3. The maximum absolute atomic E-state index is 12.9. The number of nitrogens with two attached hydrogens (primary N) is 1. The highest BCUT2D eigenvalue weighted by atomic mass is 16.6. The van der Waals surface area contributed by atoms with Crippen LogP contribution in [-0.2, 0) is 73.2 Å². The van der Waals surface area contributed by atoms with E-state index < -0.39 is 35.8 Å². The first-order valence-electron chi connectivity index (χ1n) is 46.2.